The van der Waals surface area contributed by atoms with Crippen LogP contribution in [0.4, 0.5) is 0 Å². The van der Waals surface area contributed by atoms with E-state index >= 15 is 0 Å². The van der Waals surface area contributed by atoms with Crippen molar-refractivity contribution in [2.24, 2.45) is 0 Å². The smallest absolute Gasteiger partial charge is 0.325 e. The second-order valence-electron chi connectivity index (χ2n) is 8.10. The number of furan rings is 1. The Labute approximate surface area is 196 Å². The molecule has 2 aromatic rings. The number of carbonyl (C=O) groups is 4. The molecule has 2 aliphatic rings. The summed E-state index contributed by atoms with van der Waals surface area (Å²) in [5.41, 5.74) is 0.939. The number of carbonyl (C=O) groups excluding carboxylic acids is 4. The normalized spacial score (nSPS) is 17.5. The monoisotopic (exact) mass is 470 g/mol. The molecule has 1 amide bonds. The minimum absolute atomic E-state index is 0.00730. The standard InChI is InChI=1S/C24H26N2O8/c1-3-31-24(30)19-13-26(23(29)20-5-4-8-32-20)7-6-25(19)12-17(28)9-16-10-21-22(34-14-33-21)11-18(16)15(2)27/h4-5,8,10-11,19H,3,6-7,9,12-14H2,1-2H3. The lowest BCUT2D eigenvalue weighted by atomic mass is 9.98. The minimum Gasteiger partial charge on any atom is -0.465 e. The van der Waals surface area contributed by atoms with Crippen LogP contribution in [0.2, 0.25) is 0 Å². The number of piperazine rings is 1. The molecule has 10 heteroatoms. The molecule has 1 atom stereocenters. The van der Waals surface area contributed by atoms with Crippen molar-refractivity contribution in [3.05, 3.63) is 47.4 Å². The maximum Gasteiger partial charge on any atom is 0.325 e. The molecule has 0 N–H and O–H groups in total. The second-order valence-corrected chi connectivity index (χ2v) is 8.10. The van der Waals surface area contributed by atoms with E-state index in [1.807, 2.05) is 0 Å². The van der Waals surface area contributed by atoms with Crippen molar-refractivity contribution in [3.63, 3.8) is 0 Å². The first-order valence-corrected chi connectivity index (χ1v) is 11.1. The highest BCUT2D eigenvalue weighted by atomic mass is 16.7. The number of rotatable bonds is 8. The van der Waals surface area contributed by atoms with Crippen molar-refractivity contribution in [2.45, 2.75) is 26.3 Å². The second kappa shape index (κ2) is 10.1. The van der Waals surface area contributed by atoms with Gasteiger partial charge in [-0.2, -0.15) is 0 Å². The van der Waals surface area contributed by atoms with Crippen molar-refractivity contribution < 1.29 is 37.8 Å². The molecule has 34 heavy (non-hydrogen) atoms. The van der Waals surface area contributed by atoms with Gasteiger partial charge in [0.15, 0.2) is 28.8 Å². The van der Waals surface area contributed by atoms with Crippen LogP contribution in [0, 0.1) is 0 Å². The predicted molar refractivity (Wildman–Crippen MR) is 118 cm³/mol. The third-order valence-corrected chi connectivity index (χ3v) is 5.81. The van der Waals surface area contributed by atoms with Crippen LogP contribution in [0.15, 0.2) is 34.9 Å². The van der Waals surface area contributed by atoms with E-state index in [0.29, 0.717) is 35.7 Å². The summed E-state index contributed by atoms with van der Waals surface area (Å²) in [6, 6.07) is 5.64. The summed E-state index contributed by atoms with van der Waals surface area (Å²) in [6.07, 6.45) is 1.41. The zero-order valence-electron chi connectivity index (χ0n) is 19.1. The van der Waals surface area contributed by atoms with Crippen LogP contribution in [0.25, 0.3) is 0 Å². The highest BCUT2D eigenvalue weighted by Gasteiger charge is 2.37. The van der Waals surface area contributed by atoms with Crippen molar-refractivity contribution in [3.8, 4) is 11.5 Å². The zero-order chi connectivity index (χ0) is 24.2. The van der Waals surface area contributed by atoms with Gasteiger partial charge in [-0.3, -0.25) is 24.1 Å². The van der Waals surface area contributed by atoms with Crippen LogP contribution in [-0.2, 0) is 20.7 Å². The van der Waals surface area contributed by atoms with Crippen molar-refractivity contribution >= 4 is 23.4 Å². The number of benzene rings is 1. The molecule has 180 valence electrons. The number of nitrogens with zero attached hydrogens (tertiary/aromatic N) is 2. The summed E-state index contributed by atoms with van der Waals surface area (Å²) in [7, 11) is 0. The topological polar surface area (TPSA) is 116 Å². The van der Waals surface area contributed by atoms with Crippen LogP contribution in [-0.4, -0.2) is 78.9 Å². The molecule has 0 aliphatic carbocycles. The Bertz CT molecular complexity index is 1090. The van der Waals surface area contributed by atoms with Gasteiger partial charge in [-0.1, -0.05) is 0 Å². The first-order chi connectivity index (χ1) is 16.4. The van der Waals surface area contributed by atoms with Gasteiger partial charge in [0.25, 0.3) is 5.91 Å². The average molecular weight is 470 g/mol. The quantitative estimate of drug-likeness (QED) is 0.420. The van der Waals surface area contributed by atoms with Crippen LogP contribution < -0.4 is 9.47 Å². The molecule has 0 spiro atoms. The fraction of sp³-hybridized carbons (Fsp3) is 0.417. The molecule has 4 rings (SSSR count). The molecule has 1 fully saturated rings. The van der Waals surface area contributed by atoms with E-state index in [1.165, 1.54) is 18.1 Å². The molecule has 2 aliphatic heterocycles. The van der Waals surface area contributed by atoms with Gasteiger partial charge in [-0.15, -0.1) is 0 Å². The zero-order valence-corrected chi connectivity index (χ0v) is 19.1. The fourth-order valence-corrected chi connectivity index (χ4v) is 4.17. The molecule has 1 aromatic heterocycles. The van der Waals surface area contributed by atoms with E-state index in [1.54, 1.807) is 36.1 Å². The van der Waals surface area contributed by atoms with Gasteiger partial charge in [0.05, 0.1) is 19.4 Å². The summed E-state index contributed by atoms with van der Waals surface area (Å²) in [5, 5.41) is 0. The lowest BCUT2D eigenvalue weighted by molar-refractivity contribution is -0.152. The number of hydrogen-bond acceptors (Lipinski definition) is 9. The summed E-state index contributed by atoms with van der Waals surface area (Å²) < 4.78 is 21.1. The summed E-state index contributed by atoms with van der Waals surface area (Å²) in [6.45, 7) is 4.05. The van der Waals surface area contributed by atoms with Crippen LogP contribution in [0.1, 0.15) is 40.3 Å². The van der Waals surface area contributed by atoms with E-state index in [4.69, 9.17) is 18.6 Å². The molecular formula is C24H26N2O8. The number of fused-ring (bicyclic) bond motifs is 1. The summed E-state index contributed by atoms with van der Waals surface area (Å²) in [5.74, 6) is -0.0383. The van der Waals surface area contributed by atoms with Crippen molar-refractivity contribution in [1.82, 2.24) is 9.80 Å². The number of esters is 1. The molecule has 1 unspecified atom stereocenters. The van der Waals surface area contributed by atoms with Crippen LogP contribution >= 0.6 is 0 Å². The third kappa shape index (κ3) is 4.96. The van der Waals surface area contributed by atoms with E-state index in [0.717, 1.165) is 0 Å². The van der Waals surface area contributed by atoms with Crippen molar-refractivity contribution in [2.75, 3.05) is 39.6 Å². The highest BCUT2D eigenvalue weighted by Crippen LogP contribution is 2.35. The molecule has 3 heterocycles. The Hall–Kier alpha value is -3.66. The number of ketones is 2. The Morgan fingerprint density at radius 3 is 2.56 bits per heavy atom. The van der Waals surface area contributed by atoms with E-state index < -0.39 is 12.0 Å². The molecule has 1 aromatic carbocycles. The largest absolute Gasteiger partial charge is 0.465 e. The van der Waals surface area contributed by atoms with E-state index in [9.17, 15) is 19.2 Å². The lowest BCUT2D eigenvalue weighted by Crippen LogP contribution is -2.59. The predicted octanol–water partition coefficient (Wildman–Crippen LogP) is 1.71. The Morgan fingerprint density at radius 2 is 1.88 bits per heavy atom. The van der Waals surface area contributed by atoms with E-state index in [2.05, 4.69) is 0 Å². The average Bonchev–Trinajstić information content (AvgIpc) is 3.50. The number of hydrogen-bond donors (Lipinski definition) is 0. The summed E-state index contributed by atoms with van der Waals surface area (Å²) in [4.78, 5) is 53.7. The first-order valence-electron chi connectivity index (χ1n) is 11.1. The maximum atomic E-state index is 13.0. The third-order valence-electron chi connectivity index (χ3n) is 5.81. The van der Waals surface area contributed by atoms with Crippen molar-refractivity contribution in [1.29, 1.82) is 0 Å². The Kier molecular flexibility index (Phi) is 6.97. The van der Waals surface area contributed by atoms with Gasteiger partial charge < -0.3 is 23.5 Å². The molecule has 0 bridgehead atoms. The fourth-order valence-electron chi connectivity index (χ4n) is 4.17. The molecule has 0 saturated carbocycles. The highest BCUT2D eigenvalue weighted by molar-refractivity contribution is 5.98. The van der Waals surface area contributed by atoms with Crippen LogP contribution in [0.3, 0.4) is 0 Å². The van der Waals surface area contributed by atoms with Gasteiger partial charge in [0.2, 0.25) is 6.79 Å². The maximum absolute atomic E-state index is 13.0. The van der Waals surface area contributed by atoms with E-state index in [-0.39, 0.29) is 56.1 Å². The van der Waals surface area contributed by atoms with Gasteiger partial charge in [-0.05, 0) is 43.7 Å². The minimum atomic E-state index is -0.791. The number of ether oxygens (including phenoxy) is 3. The van der Waals surface area contributed by atoms with Gasteiger partial charge >= 0.3 is 5.97 Å². The van der Waals surface area contributed by atoms with Gasteiger partial charge in [0, 0.05) is 31.6 Å². The molecule has 0 radical (unpaired) electrons. The first kappa shape index (κ1) is 23.5. The SMILES string of the molecule is CCOC(=O)C1CN(C(=O)c2ccco2)CCN1CC(=O)Cc1cc2c(cc1C(C)=O)OCO2. The lowest BCUT2D eigenvalue weighted by Gasteiger charge is -2.39. The molecule has 10 nitrogen and oxygen atoms in total. The van der Waals surface area contributed by atoms with Gasteiger partial charge in [0.1, 0.15) is 6.04 Å². The molecule has 1 saturated heterocycles. The Morgan fingerprint density at radius 1 is 1.12 bits per heavy atom. The Balaban J connectivity index is 1.47. The number of amides is 1. The summed E-state index contributed by atoms with van der Waals surface area (Å²) >= 11 is 0. The van der Waals surface area contributed by atoms with Crippen LogP contribution in [0.5, 0.6) is 11.5 Å². The van der Waals surface area contributed by atoms with Gasteiger partial charge in [-0.25, -0.2) is 0 Å². The number of Topliss-reactive ketones (excluding diaryl/α,β-unsaturated/α-hetero) is 2. The molecular weight excluding hydrogens is 444 g/mol.